The number of aromatic nitrogens is 4. The van der Waals surface area contributed by atoms with Crippen molar-refractivity contribution in [1.82, 2.24) is 19.7 Å². The summed E-state index contributed by atoms with van der Waals surface area (Å²) >= 11 is 0. The van der Waals surface area contributed by atoms with Crippen LogP contribution in [0.3, 0.4) is 0 Å². The predicted octanol–water partition coefficient (Wildman–Crippen LogP) is 1.91. The van der Waals surface area contributed by atoms with E-state index in [1.807, 2.05) is 30.3 Å². The molecule has 2 heterocycles. The largest absolute Gasteiger partial charge is 0.421 e. The maximum atomic E-state index is 5.62. The minimum Gasteiger partial charge on any atom is -0.421 e. The monoisotopic (exact) mass is 267 g/mol. The summed E-state index contributed by atoms with van der Waals surface area (Å²) in [7, 11) is 0. The molecule has 100 valence electrons. The van der Waals surface area contributed by atoms with Gasteiger partial charge >= 0.3 is 6.01 Å². The molecule has 0 unspecified atom stereocenters. The van der Waals surface area contributed by atoms with Gasteiger partial charge in [-0.05, 0) is 24.3 Å². The fourth-order valence-corrected chi connectivity index (χ4v) is 1.77. The number of rotatable bonds is 4. The molecule has 0 aliphatic rings. The number of para-hydroxylation sites is 1. The fourth-order valence-electron chi connectivity index (χ4n) is 1.77. The van der Waals surface area contributed by atoms with Crippen molar-refractivity contribution in [3.8, 4) is 17.4 Å². The minimum absolute atomic E-state index is 0.261. The zero-order valence-corrected chi connectivity index (χ0v) is 10.7. The van der Waals surface area contributed by atoms with E-state index in [0.717, 1.165) is 5.69 Å². The number of benzene rings is 1. The Bertz CT molecular complexity index is 696. The van der Waals surface area contributed by atoms with Crippen LogP contribution >= 0.6 is 0 Å². The Balaban J connectivity index is 1.84. The summed E-state index contributed by atoms with van der Waals surface area (Å²) in [6.07, 6.45) is 3.27. The van der Waals surface area contributed by atoms with Crippen LogP contribution in [0.25, 0.3) is 5.69 Å². The summed E-state index contributed by atoms with van der Waals surface area (Å²) in [5.41, 5.74) is 7.20. The highest BCUT2D eigenvalue weighted by atomic mass is 16.5. The van der Waals surface area contributed by atoms with E-state index in [-0.39, 0.29) is 6.01 Å². The zero-order valence-electron chi connectivity index (χ0n) is 10.7. The quantitative estimate of drug-likeness (QED) is 0.781. The van der Waals surface area contributed by atoms with Crippen molar-refractivity contribution in [2.24, 2.45) is 5.73 Å². The molecular weight excluding hydrogens is 254 g/mol. The van der Waals surface area contributed by atoms with Gasteiger partial charge in [-0.25, -0.2) is 4.68 Å². The lowest BCUT2D eigenvalue weighted by Gasteiger charge is -2.04. The second-order valence-electron chi connectivity index (χ2n) is 4.06. The van der Waals surface area contributed by atoms with Crippen LogP contribution in [-0.2, 0) is 6.54 Å². The lowest BCUT2D eigenvalue weighted by atomic mass is 10.3. The highest BCUT2D eigenvalue weighted by molar-refractivity contribution is 5.31. The van der Waals surface area contributed by atoms with Crippen LogP contribution in [0.1, 0.15) is 5.69 Å². The Morgan fingerprint density at radius 2 is 1.90 bits per heavy atom. The fraction of sp³-hybridized carbons (Fsp3) is 0.0714. The first-order chi connectivity index (χ1) is 9.86. The summed E-state index contributed by atoms with van der Waals surface area (Å²) in [6.45, 7) is 0.301. The topological polar surface area (TPSA) is 78.9 Å². The first-order valence-corrected chi connectivity index (χ1v) is 6.16. The Hall–Kier alpha value is -2.73. The van der Waals surface area contributed by atoms with Gasteiger partial charge in [-0.1, -0.05) is 18.2 Å². The summed E-state index contributed by atoms with van der Waals surface area (Å²) in [5, 5.41) is 4.27. The Labute approximate surface area is 115 Å². The van der Waals surface area contributed by atoms with Gasteiger partial charge in [0.1, 0.15) is 6.33 Å². The van der Waals surface area contributed by atoms with Gasteiger partial charge in [0.15, 0.2) is 5.75 Å². The molecule has 6 heteroatoms. The highest BCUT2D eigenvalue weighted by Crippen LogP contribution is 2.20. The first-order valence-electron chi connectivity index (χ1n) is 6.16. The molecule has 6 nitrogen and oxygen atoms in total. The Morgan fingerprint density at radius 3 is 2.70 bits per heavy atom. The van der Waals surface area contributed by atoms with E-state index in [0.29, 0.717) is 18.0 Å². The lowest BCUT2D eigenvalue weighted by Crippen LogP contribution is -2.02. The summed E-state index contributed by atoms with van der Waals surface area (Å²) in [6, 6.07) is 13.5. The summed E-state index contributed by atoms with van der Waals surface area (Å²) in [4.78, 5) is 8.27. The molecule has 0 saturated heterocycles. The zero-order chi connectivity index (χ0) is 13.8. The molecule has 0 amide bonds. The van der Waals surface area contributed by atoms with E-state index in [2.05, 4.69) is 15.1 Å². The molecule has 3 aromatic rings. The summed E-state index contributed by atoms with van der Waals surface area (Å²) in [5.74, 6) is 0.570. The van der Waals surface area contributed by atoms with Gasteiger partial charge < -0.3 is 10.5 Å². The first kappa shape index (κ1) is 12.3. The molecular formula is C14H13N5O. The summed E-state index contributed by atoms with van der Waals surface area (Å²) < 4.78 is 7.26. The maximum absolute atomic E-state index is 5.62. The number of hydrogen-bond donors (Lipinski definition) is 1. The van der Waals surface area contributed by atoms with Gasteiger partial charge in [0, 0.05) is 12.7 Å². The van der Waals surface area contributed by atoms with Crippen LogP contribution in [0, 0.1) is 0 Å². The smallest absolute Gasteiger partial charge is 0.341 e. The second kappa shape index (κ2) is 5.50. The van der Waals surface area contributed by atoms with E-state index in [1.165, 1.54) is 0 Å². The second-order valence-corrected chi connectivity index (χ2v) is 4.06. The van der Waals surface area contributed by atoms with Crippen LogP contribution in [0.4, 0.5) is 0 Å². The normalized spacial score (nSPS) is 10.4. The van der Waals surface area contributed by atoms with Gasteiger partial charge in [-0.3, -0.25) is 4.98 Å². The third-order valence-electron chi connectivity index (χ3n) is 2.73. The molecule has 2 N–H and O–H groups in total. The third kappa shape index (κ3) is 2.50. The molecule has 0 saturated carbocycles. The lowest BCUT2D eigenvalue weighted by molar-refractivity contribution is 0.433. The van der Waals surface area contributed by atoms with Crippen molar-refractivity contribution < 1.29 is 4.74 Å². The Kier molecular flexibility index (Phi) is 3.38. The number of nitrogens with zero attached hydrogens (tertiary/aromatic N) is 4. The maximum Gasteiger partial charge on any atom is 0.341 e. The van der Waals surface area contributed by atoms with E-state index < -0.39 is 0 Å². The molecule has 3 rings (SSSR count). The van der Waals surface area contributed by atoms with Crippen molar-refractivity contribution in [2.75, 3.05) is 0 Å². The SMILES string of the molecule is NCc1ncccc1Oc1ncn(-c2ccccc2)n1. The van der Waals surface area contributed by atoms with Gasteiger partial charge in [-0.15, -0.1) is 5.10 Å². The van der Waals surface area contributed by atoms with Crippen LogP contribution in [-0.4, -0.2) is 19.7 Å². The predicted molar refractivity (Wildman–Crippen MR) is 73.6 cm³/mol. The molecule has 0 spiro atoms. The molecule has 20 heavy (non-hydrogen) atoms. The molecule has 0 fully saturated rings. The molecule has 2 aromatic heterocycles. The molecule has 0 aliphatic carbocycles. The molecule has 0 aliphatic heterocycles. The molecule has 0 radical (unpaired) electrons. The van der Waals surface area contributed by atoms with Crippen LogP contribution in [0.5, 0.6) is 11.8 Å². The van der Waals surface area contributed by atoms with Gasteiger partial charge in [0.05, 0.1) is 11.4 Å². The van der Waals surface area contributed by atoms with E-state index in [9.17, 15) is 0 Å². The van der Waals surface area contributed by atoms with Crippen LogP contribution < -0.4 is 10.5 Å². The van der Waals surface area contributed by atoms with E-state index in [4.69, 9.17) is 10.5 Å². The number of hydrogen-bond acceptors (Lipinski definition) is 5. The minimum atomic E-state index is 0.261. The average molecular weight is 267 g/mol. The van der Waals surface area contributed by atoms with Crippen molar-refractivity contribution >= 4 is 0 Å². The molecule has 0 bridgehead atoms. The standard InChI is InChI=1S/C14H13N5O/c15-9-12-13(7-4-8-16-12)20-14-17-10-19(18-14)11-5-2-1-3-6-11/h1-8,10H,9,15H2. The Morgan fingerprint density at radius 1 is 1.05 bits per heavy atom. The average Bonchev–Trinajstić information content (AvgIpc) is 2.97. The van der Waals surface area contributed by atoms with E-state index in [1.54, 1.807) is 29.3 Å². The van der Waals surface area contributed by atoms with Crippen molar-refractivity contribution in [2.45, 2.75) is 6.54 Å². The number of ether oxygens (including phenoxy) is 1. The van der Waals surface area contributed by atoms with Crippen LogP contribution in [0.2, 0.25) is 0 Å². The van der Waals surface area contributed by atoms with Crippen LogP contribution in [0.15, 0.2) is 55.0 Å². The molecule has 1 aromatic carbocycles. The molecule has 0 atom stereocenters. The third-order valence-corrected chi connectivity index (χ3v) is 2.73. The highest BCUT2D eigenvalue weighted by Gasteiger charge is 2.08. The van der Waals surface area contributed by atoms with Gasteiger partial charge in [-0.2, -0.15) is 4.98 Å². The van der Waals surface area contributed by atoms with Crippen molar-refractivity contribution in [3.63, 3.8) is 0 Å². The number of nitrogens with two attached hydrogens (primary N) is 1. The van der Waals surface area contributed by atoms with Gasteiger partial charge in [0.25, 0.3) is 0 Å². The number of pyridine rings is 1. The van der Waals surface area contributed by atoms with Gasteiger partial charge in [0.2, 0.25) is 0 Å². The van der Waals surface area contributed by atoms with Crippen molar-refractivity contribution in [3.05, 3.63) is 60.7 Å². The van der Waals surface area contributed by atoms with Crippen molar-refractivity contribution in [1.29, 1.82) is 0 Å². The van der Waals surface area contributed by atoms with E-state index >= 15 is 0 Å².